The van der Waals surface area contributed by atoms with Crippen LogP contribution in [0.5, 0.6) is 0 Å². The molecule has 0 aliphatic heterocycles. The molecule has 0 amide bonds. The molecule has 6 rings (SSSR count). The number of benzene rings is 4. The van der Waals surface area contributed by atoms with Crippen LogP contribution in [0.2, 0.25) is 6.04 Å². The van der Waals surface area contributed by atoms with Gasteiger partial charge in [-0.25, -0.2) is 0 Å². The third kappa shape index (κ3) is 9.00. The summed E-state index contributed by atoms with van der Waals surface area (Å²) in [6.45, 7) is 14.9. The number of furan rings is 1. The summed E-state index contributed by atoms with van der Waals surface area (Å²) in [5.41, 5.74) is 3.99. The molecule has 0 fully saturated rings. The van der Waals surface area contributed by atoms with Crippen molar-refractivity contribution in [3.05, 3.63) is 133 Å². The van der Waals surface area contributed by atoms with Crippen LogP contribution in [0, 0.1) is 17.9 Å². The van der Waals surface area contributed by atoms with E-state index in [1.54, 1.807) is 0 Å². The molecule has 1 radical (unpaired) electrons. The van der Waals surface area contributed by atoms with Gasteiger partial charge in [0.15, 0.2) is 13.9 Å². The maximum absolute atomic E-state index is 11.7. The third-order valence-corrected chi connectivity index (χ3v) is 15.5. The van der Waals surface area contributed by atoms with Crippen molar-refractivity contribution >= 4 is 51.4 Å². The van der Waals surface area contributed by atoms with Crippen molar-refractivity contribution in [1.29, 1.82) is 0 Å². The molecule has 6 heteroatoms. The molecule has 0 saturated carbocycles. The molecule has 0 atom stereocenters. The van der Waals surface area contributed by atoms with E-state index in [1.165, 1.54) is 27.4 Å². The van der Waals surface area contributed by atoms with Crippen LogP contribution >= 0.6 is 0 Å². The molecule has 53 heavy (non-hydrogen) atoms. The van der Waals surface area contributed by atoms with Crippen molar-refractivity contribution in [3.63, 3.8) is 0 Å². The molecule has 0 spiro atoms. The minimum absolute atomic E-state index is 0. The van der Waals surface area contributed by atoms with Gasteiger partial charge in [0, 0.05) is 55.3 Å². The number of ketones is 1. The summed E-state index contributed by atoms with van der Waals surface area (Å²) in [4.78, 5) is 16.6. The molecule has 0 saturated heterocycles. The molecule has 4 aromatic carbocycles. The molecule has 0 unspecified atom stereocenters. The second kappa shape index (κ2) is 19.3. The zero-order valence-corrected chi connectivity index (χ0v) is 35.7. The standard InChI is InChI=1S/C34H30NOSi.C13H24O2.Ir/c1-4-37(28-14-7-5-8-15-28,29-16-9-6-10-17-29)32-23-26-19-20-35-33(34(26)36-32)27-21-25-13-11-12-18-30(25)31(22-27)24(2)3;1-5-10(6-2)12(14)9-13(15)11(7-3)8-4;/h5-20,22-24H,4H2,1-3H3;9-11,14H,5-8H2,1-4H3;/q-1;;/b;12-9-;. The number of carbonyl (C=O) groups is 1. The number of allylic oxidation sites excluding steroid dienone is 2. The fraction of sp³-hybridized carbons (Fsp3) is 0.319. The second-order valence-electron chi connectivity index (χ2n) is 14.0. The first kappa shape index (κ1) is 41.7. The Morgan fingerprint density at radius 1 is 0.792 bits per heavy atom. The molecule has 2 heterocycles. The Balaban J connectivity index is 0.000000335. The van der Waals surface area contributed by atoms with Crippen molar-refractivity contribution in [2.24, 2.45) is 11.8 Å². The quantitative estimate of drug-likeness (QED) is 0.0543. The number of carbonyl (C=O) groups excluding carboxylic acids is 1. The van der Waals surface area contributed by atoms with Crippen molar-refractivity contribution in [2.75, 3.05) is 0 Å². The van der Waals surface area contributed by atoms with Gasteiger partial charge in [-0.2, -0.15) is 0 Å². The summed E-state index contributed by atoms with van der Waals surface area (Å²) in [6, 6.07) is 41.5. The SMILES string of the molecule is CCC(CC)C(=O)/C=C(\O)C(CC)CC.CC[Si](c1ccccc1)(c1ccccc1)c1cc2ccnc(-c3[c-]c4ccccc4c(C(C)C)c3)c2o1.[Ir]. The van der Waals surface area contributed by atoms with Crippen molar-refractivity contribution in [3.8, 4) is 11.3 Å². The van der Waals surface area contributed by atoms with Crippen LogP contribution in [-0.4, -0.2) is 23.9 Å². The normalized spacial score (nSPS) is 11.9. The topological polar surface area (TPSA) is 63.3 Å². The van der Waals surface area contributed by atoms with E-state index in [9.17, 15) is 9.90 Å². The largest absolute Gasteiger partial charge is 0.512 e. The van der Waals surface area contributed by atoms with Crippen molar-refractivity contribution in [1.82, 2.24) is 4.98 Å². The molecule has 0 aliphatic carbocycles. The zero-order chi connectivity index (χ0) is 37.3. The minimum atomic E-state index is -2.38. The molecular weight excluding hydrogens is 847 g/mol. The molecule has 2 aromatic heterocycles. The average Bonchev–Trinajstić information content (AvgIpc) is 3.62. The van der Waals surface area contributed by atoms with Gasteiger partial charge in [-0.05, 0) is 60.2 Å². The number of hydrogen-bond donors (Lipinski definition) is 1. The number of nitrogens with zero attached hydrogens (tertiary/aromatic N) is 1. The Labute approximate surface area is 331 Å². The number of aromatic nitrogens is 1. The molecular formula is C47H54IrNO3Si-. The Kier molecular flexibility index (Phi) is 15.2. The summed E-state index contributed by atoms with van der Waals surface area (Å²) >= 11 is 0. The van der Waals surface area contributed by atoms with Gasteiger partial charge in [-0.3, -0.25) is 9.78 Å². The van der Waals surface area contributed by atoms with Gasteiger partial charge in [0.1, 0.15) is 5.58 Å². The van der Waals surface area contributed by atoms with E-state index in [0.717, 1.165) is 64.7 Å². The van der Waals surface area contributed by atoms with Gasteiger partial charge in [-0.1, -0.05) is 138 Å². The number of fused-ring (bicyclic) bond motifs is 2. The Morgan fingerprint density at radius 2 is 1.36 bits per heavy atom. The van der Waals surface area contributed by atoms with Crippen LogP contribution < -0.4 is 15.8 Å². The second-order valence-corrected chi connectivity index (χ2v) is 18.2. The first-order chi connectivity index (χ1) is 25.2. The van der Waals surface area contributed by atoms with Crippen LogP contribution in [0.3, 0.4) is 0 Å². The first-order valence-electron chi connectivity index (χ1n) is 19.1. The van der Waals surface area contributed by atoms with Crippen molar-refractivity contribution < 1.29 is 34.4 Å². The fourth-order valence-corrected chi connectivity index (χ4v) is 11.8. The Morgan fingerprint density at radius 3 is 1.91 bits per heavy atom. The molecule has 4 nitrogen and oxygen atoms in total. The maximum atomic E-state index is 11.7. The molecule has 1 N–H and O–H groups in total. The Hall–Kier alpha value is -4.09. The van der Waals surface area contributed by atoms with E-state index in [1.807, 2.05) is 33.9 Å². The summed E-state index contributed by atoms with van der Waals surface area (Å²) in [7, 11) is -2.38. The van der Waals surface area contributed by atoms with Crippen LogP contribution in [0.1, 0.15) is 85.6 Å². The van der Waals surface area contributed by atoms with E-state index < -0.39 is 8.07 Å². The van der Waals surface area contributed by atoms with E-state index in [-0.39, 0.29) is 43.5 Å². The summed E-state index contributed by atoms with van der Waals surface area (Å²) in [5.74, 6) is 0.937. The van der Waals surface area contributed by atoms with Crippen LogP contribution in [0.4, 0.5) is 0 Å². The predicted molar refractivity (Wildman–Crippen MR) is 222 cm³/mol. The van der Waals surface area contributed by atoms with Gasteiger partial charge >= 0.3 is 0 Å². The van der Waals surface area contributed by atoms with Gasteiger partial charge < -0.3 is 9.52 Å². The maximum Gasteiger partial charge on any atom is 0.192 e. The number of aliphatic hydroxyl groups excluding tert-OH is 1. The van der Waals surface area contributed by atoms with Gasteiger partial charge in [-0.15, -0.1) is 29.1 Å². The van der Waals surface area contributed by atoms with Gasteiger partial charge in [0.05, 0.1) is 11.1 Å². The van der Waals surface area contributed by atoms with Gasteiger partial charge in [0.2, 0.25) is 0 Å². The molecule has 279 valence electrons. The molecule has 0 aliphatic rings. The fourth-order valence-electron chi connectivity index (χ4n) is 7.49. The number of aliphatic hydroxyl groups is 1. The van der Waals surface area contributed by atoms with Gasteiger partial charge in [0.25, 0.3) is 0 Å². The number of rotatable bonds is 13. The van der Waals surface area contributed by atoms with E-state index in [0.29, 0.717) is 5.92 Å². The van der Waals surface area contributed by atoms with E-state index in [2.05, 4.69) is 130 Å². The summed E-state index contributed by atoms with van der Waals surface area (Å²) in [6.07, 6.45) is 6.80. The minimum Gasteiger partial charge on any atom is -0.512 e. The zero-order valence-electron chi connectivity index (χ0n) is 32.3. The molecule has 6 aromatic rings. The smallest absolute Gasteiger partial charge is 0.192 e. The molecule has 0 bridgehead atoms. The average molecular weight is 901 g/mol. The monoisotopic (exact) mass is 901 g/mol. The predicted octanol–water partition coefficient (Wildman–Crippen LogP) is 10.9. The Bertz CT molecular complexity index is 2060. The first-order valence-corrected chi connectivity index (χ1v) is 21.3. The number of hydrogen-bond acceptors (Lipinski definition) is 4. The number of pyridine rings is 1. The van der Waals surface area contributed by atoms with Crippen LogP contribution in [-0.2, 0) is 24.9 Å². The summed E-state index contributed by atoms with van der Waals surface area (Å²) < 4.78 is 6.91. The summed E-state index contributed by atoms with van der Waals surface area (Å²) in [5, 5.41) is 17.0. The van der Waals surface area contributed by atoms with Crippen LogP contribution in [0.15, 0.2) is 126 Å². The van der Waals surface area contributed by atoms with E-state index in [4.69, 9.17) is 9.40 Å². The third-order valence-electron chi connectivity index (χ3n) is 10.7. The van der Waals surface area contributed by atoms with Crippen molar-refractivity contribution in [2.45, 2.75) is 86.1 Å². The van der Waals surface area contributed by atoms with E-state index >= 15 is 0 Å². The van der Waals surface area contributed by atoms with Crippen LogP contribution in [0.25, 0.3) is 33.0 Å².